The van der Waals surface area contributed by atoms with Gasteiger partial charge in [-0.2, -0.15) is 0 Å². The normalized spacial score (nSPS) is 38.4. The van der Waals surface area contributed by atoms with E-state index in [9.17, 15) is 0 Å². The van der Waals surface area contributed by atoms with Crippen molar-refractivity contribution < 1.29 is 0 Å². The Balaban J connectivity index is 2.21. The zero-order valence-corrected chi connectivity index (χ0v) is 10.7. The maximum Gasteiger partial charge on any atom is 0.0383 e. The van der Waals surface area contributed by atoms with Crippen LogP contribution in [-0.2, 0) is 0 Å². The summed E-state index contributed by atoms with van der Waals surface area (Å²) in [6, 6.07) is 8.78. The highest BCUT2D eigenvalue weighted by Crippen LogP contribution is 2.50. The topological polar surface area (TPSA) is 0 Å². The van der Waals surface area contributed by atoms with Gasteiger partial charge >= 0.3 is 0 Å². The van der Waals surface area contributed by atoms with Crippen LogP contribution in [0.4, 0.5) is 0 Å². The van der Waals surface area contributed by atoms with Gasteiger partial charge < -0.3 is 0 Å². The van der Waals surface area contributed by atoms with Crippen molar-refractivity contribution in [2.45, 2.75) is 21.5 Å². The number of alkyl halides is 2. The van der Waals surface area contributed by atoms with Crippen LogP contribution >= 0.6 is 31.9 Å². The molecule has 0 aromatic heterocycles. The molecule has 0 nitrogen and oxygen atoms in total. The number of halogens is 2. The molecule has 4 rings (SSSR count). The van der Waals surface area contributed by atoms with Gasteiger partial charge in [-0.15, -0.1) is 0 Å². The number of allylic oxidation sites excluding steroid dienone is 2. The molecule has 3 aliphatic rings. The number of benzene rings is 1. The number of rotatable bonds is 0. The molecule has 0 aliphatic heterocycles. The van der Waals surface area contributed by atoms with E-state index in [1.807, 2.05) is 0 Å². The highest BCUT2D eigenvalue weighted by Gasteiger charge is 2.41. The summed E-state index contributed by atoms with van der Waals surface area (Å²) in [4.78, 5) is 1.07. The molecular formula is C12H10Br2. The molecule has 3 aliphatic carbocycles. The van der Waals surface area contributed by atoms with Crippen LogP contribution in [0.5, 0.6) is 0 Å². The van der Waals surface area contributed by atoms with Crippen LogP contribution < -0.4 is 0 Å². The Labute approximate surface area is 101 Å². The van der Waals surface area contributed by atoms with Crippen molar-refractivity contribution in [1.82, 2.24) is 0 Å². The number of hydrogen-bond acceptors (Lipinski definition) is 0. The molecular weight excluding hydrogens is 304 g/mol. The molecule has 0 heterocycles. The third-order valence-electron chi connectivity index (χ3n) is 3.23. The summed E-state index contributed by atoms with van der Waals surface area (Å²) in [7, 11) is 0. The van der Waals surface area contributed by atoms with Gasteiger partial charge in [0.1, 0.15) is 0 Å². The lowest BCUT2D eigenvalue weighted by molar-refractivity contribution is 0.597. The first-order valence-electron chi connectivity index (χ1n) is 4.84. The van der Waals surface area contributed by atoms with Crippen molar-refractivity contribution >= 4 is 31.9 Å². The minimum absolute atomic E-state index is 0.535. The Morgan fingerprint density at radius 2 is 1.21 bits per heavy atom. The first-order chi connectivity index (χ1) is 6.79. The van der Waals surface area contributed by atoms with E-state index in [2.05, 4.69) is 68.3 Å². The predicted octanol–water partition coefficient (Wildman–Crippen LogP) is 3.96. The summed E-state index contributed by atoms with van der Waals surface area (Å²) in [6.07, 6.45) is 4.67. The minimum atomic E-state index is 0.535. The van der Waals surface area contributed by atoms with E-state index in [0.717, 1.165) is 0 Å². The summed E-state index contributed by atoms with van der Waals surface area (Å²) in [5, 5.41) is 0. The van der Waals surface area contributed by atoms with Crippen molar-refractivity contribution in [2.75, 3.05) is 0 Å². The quantitative estimate of drug-likeness (QED) is 0.502. The molecule has 14 heavy (non-hydrogen) atoms. The lowest BCUT2D eigenvalue weighted by Gasteiger charge is -2.41. The van der Waals surface area contributed by atoms with E-state index >= 15 is 0 Å². The molecule has 0 saturated heterocycles. The fourth-order valence-electron chi connectivity index (χ4n) is 2.52. The smallest absolute Gasteiger partial charge is 0.0383 e. The molecule has 0 radical (unpaired) electrons. The summed E-state index contributed by atoms with van der Waals surface area (Å²) >= 11 is 7.56. The summed E-state index contributed by atoms with van der Waals surface area (Å²) in [5.74, 6) is 1.08. The Hall–Kier alpha value is -0.0800. The van der Waals surface area contributed by atoms with Crippen LogP contribution in [0.2, 0.25) is 0 Å². The van der Waals surface area contributed by atoms with E-state index < -0.39 is 0 Å². The summed E-state index contributed by atoms with van der Waals surface area (Å²) < 4.78 is 0. The Bertz CT molecular complexity index is 360. The van der Waals surface area contributed by atoms with Gasteiger partial charge in [0.2, 0.25) is 0 Å². The maximum atomic E-state index is 3.78. The summed E-state index contributed by atoms with van der Waals surface area (Å²) in [6.45, 7) is 0. The van der Waals surface area contributed by atoms with E-state index in [1.165, 1.54) is 11.1 Å². The second-order valence-corrected chi connectivity index (χ2v) is 6.07. The zero-order chi connectivity index (χ0) is 9.71. The molecule has 2 bridgehead atoms. The number of fused-ring (bicyclic) bond motifs is 1. The molecule has 0 spiro atoms. The highest BCUT2D eigenvalue weighted by molar-refractivity contribution is 9.12. The average molecular weight is 314 g/mol. The lowest BCUT2D eigenvalue weighted by atomic mass is 9.71. The fraction of sp³-hybridized carbons (Fsp3) is 0.333. The molecule has 1 aromatic carbocycles. The first-order valence-corrected chi connectivity index (χ1v) is 6.67. The first kappa shape index (κ1) is 9.17. The Morgan fingerprint density at radius 1 is 0.786 bits per heavy atom. The van der Waals surface area contributed by atoms with Gasteiger partial charge in [-0.05, 0) is 11.1 Å². The molecule has 0 amide bonds. The van der Waals surface area contributed by atoms with Crippen LogP contribution in [0.3, 0.4) is 0 Å². The highest BCUT2D eigenvalue weighted by atomic mass is 79.9. The van der Waals surface area contributed by atoms with E-state index in [1.54, 1.807) is 0 Å². The van der Waals surface area contributed by atoms with Crippen molar-refractivity contribution in [1.29, 1.82) is 0 Å². The molecule has 0 saturated carbocycles. The molecule has 2 heteroatoms. The van der Waals surface area contributed by atoms with Crippen molar-refractivity contribution in [3.05, 3.63) is 47.5 Å². The fourth-order valence-corrected chi connectivity index (χ4v) is 4.10. The van der Waals surface area contributed by atoms with Crippen LogP contribution in [0, 0.1) is 0 Å². The lowest BCUT2D eigenvalue weighted by Crippen LogP contribution is -2.36. The van der Waals surface area contributed by atoms with Crippen molar-refractivity contribution in [3.63, 3.8) is 0 Å². The zero-order valence-electron chi connectivity index (χ0n) is 7.53. The third kappa shape index (κ3) is 1.10. The van der Waals surface area contributed by atoms with Crippen LogP contribution in [0.25, 0.3) is 0 Å². The van der Waals surface area contributed by atoms with Crippen molar-refractivity contribution in [2.24, 2.45) is 0 Å². The van der Waals surface area contributed by atoms with E-state index in [4.69, 9.17) is 0 Å². The Morgan fingerprint density at radius 3 is 1.64 bits per heavy atom. The number of hydrogen-bond donors (Lipinski definition) is 0. The van der Waals surface area contributed by atoms with Crippen LogP contribution in [0.15, 0.2) is 36.4 Å². The second-order valence-electron chi connectivity index (χ2n) is 3.95. The maximum absolute atomic E-state index is 3.78. The van der Waals surface area contributed by atoms with E-state index in [0.29, 0.717) is 21.5 Å². The van der Waals surface area contributed by atoms with Gasteiger partial charge in [-0.1, -0.05) is 68.3 Å². The standard InChI is InChI=1S/C12H10Br2/c13-11-9-5-6-10(12(11)14)8-4-2-1-3-7(8)9/h1-6,9-12H/t9-,10+,11-,12-/m0/s1. The molecule has 0 N–H and O–H groups in total. The molecule has 72 valence electrons. The van der Waals surface area contributed by atoms with Crippen molar-refractivity contribution in [3.8, 4) is 0 Å². The molecule has 0 fully saturated rings. The van der Waals surface area contributed by atoms with Gasteiger partial charge in [0.05, 0.1) is 0 Å². The monoisotopic (exact) mass is 312 g/mol. The van der Waals surface area contributed by atoms with Gasteiger partial charge in [-0.3, -0.25) is 0 Å². The minimum Gasteiger partial charge on any atom is -0.0868 e. The largest absolute Gasteiger partial charge is 0.0868 e. The van der Waals surface area contributed by atoms with Gasteiger partial charge in [0.25, 0.3) is 0 Å². The van der Waals surface area contributed by atoms with Gasteiger partial charge in [0.15, 0.2) is 0 Å². The summed E-state index contributed by atoms with van der Waals surface area (Å²) in [5.41, 5.74) is 3.00. The van der Waals surface area contributed by atoms with Gasteiger partial charge in [-0.25, -0.2) is 0 Å². The second kappa shape index (κ2) is 3.21. The Kier molecular flexibility index (Phi) is 2.10. The van der Waals surface area contributed by atoms with Crippen LogP contribution in [-0.4, -0.2) is 9.65 Å². The SMILES string of the molecule is Br[C@@H]1[C@@H](Br)[C@H]2C=C[C@@H]1c1ccccc12. The predicted molar refractivity (Wildman–Crippen MR) is 66.5 cm³/mol. The average Bonchev–Trinajstić information content (AvgIpc) is 2.24. The molecule has 0 unspecified atom stereocenters. The molecule has 1 aromatic rings. The van der Waals surface area contributed by atoms with Gasteiger partial charge in [0, 0.05) is 21.5 Å². The molecule has 4 atom stereocenters. The third-order valence-corrected chi connectivity index (χ3v) is 6.22. The van der Waals surface area contributed by atoms with E-state index in [-0.39, 0.29) is 0 Å². The van der Waals surface area contributed by atoms with Crippen LogP contribution in [0.1, 0.15) is 23.0 Å².